The fourth-order valence-corrected chi connectivity index (χ4v) is 5.33. The molecule has 6 nitrogen and oxygen atoms in total. The average Bonchev–Trinajstić information content (AvgIpc) is 3.05. The standard InChI is InChI=1S/C37H27FN2O4/c38-32-17-8-7-14-27(32)23-42-28-16-9-15-26(20-28)35-30-19-18-29(21-33(30)44-36(40)31(35)22-39)43-37(41)34(24-10-3-1-4-11-24)25-12-5-2-6-13-25/h1-21,34-35H,23,40H2. The normalized spacial score (nSPS) is 13.9. The highest BCUT2D eigenvalue weighted by atomic mass is 19.1. The van der Waals surface area contributed by atoms with Crippen molar-refractivity contribution in [2.45, 2.75) is 18.4 Å². The summed E-state index contributed by atoms with van der Waals surface area (Å²) in [6, 6.07) is 39.8. The highest BCUT2D eigenvalue weighted by Crippen LogP contribution is 2.44. The molecule has 7 heteroatoms. The molecule has 0 saturated carbocycles. The number of nitrogens with two attached hydrogens (primary N) is 1. The molecule has 6 rings (SSSR count). The molecular weight excluding hydrogens is 555 g/mol. The van der Waals surface area contributed by atoms with E-state index in [1.54, 1.807) is 54.6 Å². The van der Waals surface area contributed by atoms with Gasteiger partial charge in [0.25, 0.3) is 0 Å². The van der Waals surface area contributed by atoms with Crippen LogP contribution in [0.1, 0.15) is 39.7 Å². The van der Waals surface area contributed by atoms with E-state index >= 15 is 0 Å². The van der Waals surface area contributed by atoms with Gasteiger partial charge in [-0.05, 0) is 41.0 Å². The van der Waals surface area contributed by atoms with Gasteiger partial charge in [-0.25, -0.2) is 4.39 Å². The number of hydrogen-bond acceptors (Lipinski definition) is 6. The van der Waals surface area contributed by atoms with Crippen molar-refractivity contribution >= 4 is 5.97 Å². The molecule has 1 aliphatic heterocycles. The summed E-state index contributed by atoms with van der Waals surface area (Å²) < 4.78 is 31.8. The van der Waals surface area contributed by atoms with Crippen molar-refractivity contribution < 1.29 is 23.4 Å². The molecule has 0 amide bonds. The van der Waals surface area contributed by atoms with Crippen molar-refractivity contribution in [3.05, 3.63) is 172 Å². The molecule has 1 atom stereocenters. The lowest BCUT2D eigenvalue weighted by molar-refractivity contribution is -0.135. The number of ether oxygens (including phenoxy) is 3. The number of carbonyl (C=O) groups is 1. The van der Waals surface area contributed by atoms with E-state index in [0.717, 1.165) is 16.7 Å². The zero-order valence-electron chi connectivity index (χ0n) is 23.5. The molecule has 0 aromatic heterocycles. The number of halogens is 1. The van der Waals surface area contributed by atoms with E-state index in [-0.39, 0.29) is 29.6 Å². The Kier molecular flexibility index (Phi) is 8.06. The van der Waals surface area contributed by atoms with Crippen LogP contribution in [0.2, 0.25) is 0 Å². The van der Waals surface area contributed by atoms with Gasteiger partial charge in [0.05, 0.1) is 5.92 Å². The predicted molar refractivity (Wildman–Crippen MR) is 163 cm³/mol. The van der Waals surface area contributed by atoms with Crippen LogP contribution in [0.15, 0.2) is 139 Å². The Morgan fingerprint density at radius 1 is 0.841 bits per heavy atom. The Morgan fingerprint density at radius 3 is 2.20 bits per heavy atom. The molecule has 0 bridgehead atoms. The second-order valence-electron chi connectivity index (χ2n) is 10.3. The number of benzene rings is 5. The summed E-state index contributed by atoms with van der Waals surface area (Å²) in [4.78, 5) is 13.6. The minimum absolute atomic E-state index is 0.0439. The zero-order chi connectivity index (χ0) is 30.5. The Labute approximate surface area is 254 Å². The van der Waals surface area contributed by atoms with Crippen molar-refractivity contribution in [3.63, 3.8) is 0 Å². The first kappa shape index (κ1) is 28.3. The van der Waals surface area contributed by atoms with Crippen molar-refractivity contribution in [2.75, 3.05) is 0 Å². The Bertz CT molecular complexity index is 1840. The van der Waals surface area contributed by atoms with Crippen LogP contribution in [-0.4, -0.2) is 5.97 Å². The second-order valence-corrected chi connectivity index (χ2v) is 10.3. The quantitative estimate of drug-likeness (QED) is 0.152. The van der Waals surface area contributed by atoms with Crippen LogP contribution < -0.4 is 19.9 Å². The SMILES string of the molecule is N#CC1=C(N)Oc2cc(OC(=O)C(c3ccccc3)c3ccccc3)ccc2C1c1cccc(OCc2ccccc2F)c1. The van der Waals surface area contributed by atoms with Crippen LogP contribution in [0.3, 0.4) is 0 Å². The maximum absolute atomic E-state index is 14.1. The van der Waals surface area contributed by atoms with E-state index in [0.29, 0.717) is 22.6 Å². The van der Waals surface area contributed by atoms with E-state index in [4.69, 9.17) is 19.9 Å². The van der Waals surface area contributed by atoms with Crippen molar-refractivity contribution in [2.24, 2.45) is 5.73 Å². The number of carbonyl (C=O) groups excluding carboxylic acids is 1. The molecule has 0 saturated heterocycles. The van der Waals surface area contributed by atoms with E-state index in [1.165, 1.54) is 6.07 Å². The highest BCUT2D eigenvalue weighted by molar-refractivity contribution is 5.84. The summed E-state index contributed by atoms with van der Waals surface area (Å²) in [5.41, 5.74) is 9.91. The predicted octanol–water partition coefficient (Wildman–Crippen LogP) is 7.36. The van der Waals surface area contributed by atoms with Gasteiger partial charge >= 0.3 is 5.97 Å². The van der Waals surface area contributed by atoms with Crippen molar-refractivity contribution in [1.82, 2.24) is 0 Å². The first-order valence-electron chi connectivity index (χ1n) is 14.0. The lowest BCUT2D eigenvalue weighted by Crippen LogP contribution is -2.22. The molecule has 1 unspecified atom stereocenters. The lowest BCUT2D eigenvalue weighted by Gasteiger charge is -2.27. The summed E-state index contributed by atoms with van der Waals surface area (Å²) in [5.74, 6) is -0.887. The minimum atomic E-state index is -0.635. The van der Waals surface area contributed by atoms with Crippen LogP contribution in [0, 0.1) is 17.1 Å². The second kappa shape index (κ2) is 12.6. The molecule has 5 aromatic rings. The Balaban J connectivity index is 1.29. The number of fused-ring (bicyclic) bond motifs is 1. The summed E-state index contributed by atoms with van der Waals surface area (Å²) in [7, 11) is 0. The molecular formula is C37H27FN2O4. The molecule has 216 valence electrons. The third-order valence-corrected chi connectivity index (χ3v) is 7.45. The maximum Gasteiger partial charge on any atom is 0.323 e. The molecule has 5 aromatic carbocycles. The monoisotopic (exact) mass is 582 g/mol. The highest BCUT2D eigenvalue weighted by Gasteiger charge is 2.32. The molecule has 0 radical (unpaired) electrons. The smallest absolute Gasteiger partial charge is 0.323 e. The van der Waals surface area contributed by atoms with Crippen LogP contribution in [0.4, 0.5) is 4.39 Å². The number of allylic oxidation sites excluding steroid dienone is 1. The molecule has 44 heavy (non-hydrogen) atoms. The topological polar surface area (TPSA) is 94.6 Å². The third-order valence-electron chi connectivity index (χ3n) is 7.45. The zero-order valence-corrected chi connectivity index (χ0v) is 23.5. The Hall–Kier alpha value is -5.87. The van der Waals surface area contributed by atoms with E-state index in [9.17, 15) is 14.4 Å². The molecule has 0 fully saturated rings. The first-order valence-corrected chi connectivity index (χ1v) is 14.0. The summed E-state index contributed by atoms with van der Waals surface area (Å²) in [5, 5.41) is 10.0. The third kappa shape index (κ3) is 5.87. The molecule has 1 aliphatic rings. The average molecular weight is 583 g/mol. The number of nitrogens with zero attached hydrogens (tertiary/aromatic N) is 1. The molecule has 0 spiro atoms. The van der Waals surface area contributed by atoms with Gasteiger partial charge in [0.2, 0.25) is 5.88 Å². The van der Waals surface area contributed by atoms with Gasteiger partial charge in [0.1, 0.15) is 47.2 Å². The lowest BCUT2D eigenvalue weighted by atomic mass is 9.83. The van der Waals surface area contributed by atoms with E-state index in [2.05, 4.69) is 6.07 Å². The summed E-state index contributed by atoms with van der Waals surface area (Å²) in [6.45, 7) is 0.0469. The van der Waals surface area contributed by atoms with Gasteiger partial charge in [-0.1, -0.05) is 97.1 Å². The van der Waals surface area contributed by atoms with E-state index < -0.39 is 17.8 Å². The number of nitriles is 1. The van der Waals surface area contributed by atoms with Crippen LogP contribution in [0.5, 0.6) is 17.2 Å². The van der Waals surface area contributed by atoms with E-state index in [1.807, 2.05) is 66.7 Å². The number of hydrogen-bond donors (Lipinski definition) is 1. The summed E-state index contributed by atoms with van der Waals surface area (Å²) in [6.07, 6.45) is 0. The largest absolute Gasteiger partial charge is 0.489 e. The summed E-state index contributed by atoms with van der Waals surface area (Å²) >= 11 is 0. The fourth-order valence-electron chi connectivity index (χ4n) is 5.33. The van der Waals surface area contributed by atoms with Gasteiger partial charge in [0, 0.05) is 17.2 Å². The number of esters is 1. The van der Waals surface area contributed by atoms with Gasteiger partial charge in [-0.3, -0.25) is 4.79 Å². The maximum atomic E-state index is 14.1. The van der Waals surface area contributed by atoms with Crippen LogP contribution in [0.25, 0.3) is 0 Å². The van der Waals surface area contributed by atoms with Gasteiger partial charge in [0.15, 0.2) is 0 Å². The van der Waals surface area contributed by atoms with Gasteiger partial charge in [-0.15, -0.1) is 0 Å². The van der Waals surface area contributed by atoms with Crippen LogP contribution in [-0.2, 0) is 11.4 Å². The van der Waals surface area contributed by atoms with Crippen LogP contribution >= 0.6 is 0 Å². The first-order chi connectivity index (χ1) is 21.5. The van der Waals surface area contributed by atoms with Gasteiger partial charge in [-0.2, -0.15) is 5.26 Å². The fraction of sp³-hybridized carbons (Fsp3) is 0.0811. The number of rotatable bonds is 8. The van der Waals surface area contributed by atoms with Crippen molar-refractivity contribution in [1.29, 1.82) is 5.26 Å². The van der Waals surface area contributed by atoms with Crippen molar-refractivity contribution in [3.8, 4) is 23.3 Å². The molecule has 0 aliphatic carbocycles. The minimum Gasteiger partial charge on any atom is -0.489 e. The Morgan fingerprint density at radius 2 is 1.52 bits per heavy atom. The van der Waals surface area contributed by atoms with Gasteiger partial charge < -0.3 is 19.9 Å². The molecule has 2 N–H and O–H groups in total. The molecule has 1 heterocycles.